The molecule has 1 fully saturated rings. The molecule has 36 heavy (non-hydrogen) atoms. The Morgan fingerprint density at radius 3 is 2.25 bits per heavy atom. The Labute approximate surface area is 212 Å². The standard InChI is InChI=1S/C29H35N3O4/c1-20(2)28(19-31-15-16-32(21(3)18-31)23-5-4-6-25(34)17-23)30-29(35)22-7-11-26(12-8-22)36-27-13-9-24(33)10-14-27/h4-14,17,20-21,28,33-34H,15-16,18-19H2,1-3H3,(H,30,35)/t21-,28?/m0/s1. The summed E-state index contributed by atoms with van der Waals surface area (Å²) in [5.74, 6) is 1.88. The highest BCUT2D eigenvalue weighted by Crippen LogP contribution is 2.25. The van der Waals surface area contributed by atoms with Gasteiger partial charge < -0.3 is 25.2 Å². The highest BCUT2D eigenvalue weighted by molar-refractivity contribution is 5.94. The third-order valence-corrected chi connectivity index (χ3v) is 6.64. The zero-order valence-corrected chi connectivity index (χ0v) is 21.1. The molecule has 0 aliphatic carbocycles. The van der Waals surface area contributed by atoms with E-state index in [2.05, 4.69) is 35.9 Å². The lowest BCUT2D eigenvalue weighted by molar-refractivity contribution is 0.0903. The molecule has 7 heteroatoms. The first kappa shape index (κ1) is 25.4. The molecule has 1 aliphatic heterocycles. The van der Waals surface area contributed by atoms with Gasteiger partial charge in [-0.3, -0.25) is 9.69 Å². The Hall–Kier alpha value is -3.71. The van der Waals surface area contributed by atoms with Crippen molar-refractivity contribution in [3.63, 3.8) is 0 Å². The first-order valence-electron chi connectivity index (χ1n) is 12.4. The molecule has 4 rings (SSSR count). The molecule has 0 aromatic heterocycles. The molecule has 2 atom stereocenters. The van der Waals surface area contributed by atoms with Gasteiger partial charge in [-0.1, -0.05) is 19.9 Å². The highest BCUT2D eigenvalue weighted by atomic mass is 16.5. The summed E-state index contributed by atoms with van der Waals surface area (Å²) in [5.41, 5.74) is 1.62. The molecule has 7 nitrogen and oxygen atoms in total. The van der Waals surface area contributed by atoms with Gasteiger partial charge >= 0.3 is 0 Å². The van der Waals surface area contributed by atoms with E-state index in [0.717, 1.165) is 31.9 Å². The largest absolute Gasteiger partial charge is 0.508 e. The minimum absolute atomic E-state index is 0.0185. The monoisotopic (exact) mass is 489 g/mol. The van der Waals surface area contributed by atoms with Crippen LogP contribution in [0.1, 0.15) is 31.1 Å². The van der Waals surface area contributed by atoms with Crippen LogP contribution < -0.4 is 15.0 Å². The summed E-state index contributed by atoms with van der Waals surface area (Å²) in [5, 5.41) is 22.5. The Morgan fingerprint density at radius 2 is 1.64 bits per heavy atom. The van der Waals surface area contributed by atoms with Gasteiger partial charge in [0.1, 0.15) is 23.0 Å². The fourth-order valence-corrected chi connectivity index (χ4v) is 4.53. The van der Waals surface area contributed by atoms with Crippen molar-refractivity contribution in [1.82, 2.24) is 10.2 Å². The molecule has 190 valence electrons. The third kappa shape index (κ3) is 6.49. The molecule has 3 aromatic carbocycles. The van der Waals surface area contributed by atoms with Crippen LogP contribution in [0, 0.1) is 5.92 Å². The summed E-state index contributed by atoms with van der Waals surface area (Å²) in [6.45, 7) is 9.88. The maximum absolute atomic E-state index is 13.0. The number of carbonyl (C=O) groups is 1. The molecule has 1 amide bonds. The average Bonchev–Trinajstić information content (AvgIpc) is 2.85. The van der Waals surface area contributed by atoms with E-state index in [9.17, 15) is 15.0 Å². The van der Waals surface area contributed by atoms with Crippen molar-refractivity contribution in [2.24, 2.45) is 5.92 Å². The first-order valence-corrected chi connectivity index (χ1v) is 12.4. The van der Waals surface area contributed by atoms with Crippen molar-refractivity contribution >= 4 is 11.6 Å². The number of phenolic OH excluding ortho intramolecular Hbond substituents is 2. The van der Waals surface area contributed by atoms with E-state index in [1.165, 1.54) is 0 Å². The highest BCUT2D eigenvalue weighted by Gasteiger charge is 2.27. The molecular formula is C29H35N3O4. The number of carbonyl (C=O) groups excluding carboxylic acids is 1. The van der Waals surface area contributed by atoms with E-state index in [1.807, 2.05) is 18.2 Å². The molecule has 0 radical (unpaired) electrons. The minimum atomic E-state index is -0.101. The number of hydrogen-bond donors (Lipinski definition) is 3. The van der Waals surface area contributed by atoms with E-state index in [4.69, 9.17) is 4.74 Å². The van der Waals surface area contributed by atoms with Gasteiger partial charge in [0.2, 0.25) is 0 Å². The number of piperazine rings is 1. The number of aromatic hydroxyl groups is 2. The van der Waals surface area contributed by atoms with E-state index in [-0.39, 0.29) is 29.4 Å². The number of nitrogens with zero attached hydrogens (tertiary/aromatic N) is 2. The van der Waals surface area contributed by atoms with Gasteiger partial charge in [-0.15, -0.1) is 0 Å². The maximum atomic E-state index is 13.0. The number of rotatable bonds is 8. The molecule has 0 spiro atoms. The molecule has 1 heterocycles. The summed E-state index contributed by atoms with van der Waals surface area (Å²) < 4.78 is 5.78. The third-order valence-electron chi connectivity index (χ3n) is 6.64. The molecule has 1 saturated heterocycles. The predicted molar refractivity (Wildman–Crippen MR) is 142 cm³/mol. The predicted octanol–water partition coefficient (Wildman–Crippen LogP) is 4.86. The minimum Gasteiger partial charge on any atom is -0.508 e. The van der Waals surface area contributed by atoms with Crippen molar-refractivity contribution < 1.29 is 19.7 Å². The van der Waals surface area contributed by atoms with Crippen molar-refractivity contribution in [3.05, 3.63) is 78.4 Å². The van der Waals surface area contributed by atoms with Crippen molar-refractivity contribution in [2.75, 3.05) is 31.1 Å². The number of hydrogen-bond acceptors (Lipinski definition) is 6. The summed E-state index contributed by atoms with van der Waals surface area (Å²) in [6, 6.07) is 21.3. The Kier molecular flexibility index (Phi) is 8.00. The number of phenols is 2. The average molecular weight is 490 g/mol. The second-order valence-corrected chi connectivity index (χ2v) is 9.77. The lowest BCUT2D eigenvalue weighted by Gasteiger charge is -2.42. The van der Waals surface area contributed by atoms with Crippen molar-refractivity contribution in [1.29, 1.82) is 0 Å². The topological polar surface area (TPSA) is 85.3 Å². The fourth-order valence-electron chi connectivity index (χ4n) is 4.53. The summed E-state index contributed by atoms with van der Waals surface area (Å²) >= 11 is 0. The van der Waals surface area contributed by atoms with E-state index < -0.39 is 0 Å². The van der Waals surface area contributed by atoms with Crippen molar-refractivity contribution in [2.45, 2.75) is 32.9 Å². The van der Waals surface area contributed by atoms with Gasteiger partial charge in [-0.2, -0.15) is 0 Å². The van der Waals surface area contributed by atoms with Gasteiger partial charge in [0, 0.05) is 55.6 Å². The molecule has 3 N–H and O–H groups in total. The Morgan fingerprint density at radius 1 is 0.972 bits per heavy atom. The van der Waals surface area contributed by atoms with Crippen LogP contribution in [0.2, 0.25) is 0 Å². The van der Waals surface area contributed by atoms with E-state index in [1.54, 1.807) is 54.6 Å². The van der Waals surface area contributed by atoms with Gasteiger partial charge in [0.15, 0.2) is 0 Å². The summed E-state index contributed by atoms with van der Waals surface area (Å²) in [4.78, 5) is 17.7. The lowest BCUT2D eigenvalue weighted by atomic mass is 10.0. The fraction of sp³-hybridized carbons (Fsp3) is 0.345. The smallest absolute Gasteiger partial charge is 0.251 e. The number of ether oxygens (including phenoxy) is 1. The molecule has 3 aromatic rings. The Bertz CT molecular complexity index is 1150. The van der Waals surface area contributed by atoms with Crippen LogP contribution in [-0.4, -0.2) is 59.3 Å². The number of nitrogens with one attached hydrogen (secondary N) is 1. The second-order valence-electron chi connectivity index (χ2n) is 9.77. The van der Waals surface area contributed by atoms with Crippen LogP contribution in [-0.2, 0) is 0 Å². The molecule has 1 unspecified atom stereocenters. The second kappa shape index (κ2) is 11.4. The van der Waals surface area contributed by atoms with Gasteiger partial charge in [0.25, 0.3) is 5.91 Å². The molecular weight excluding hydrogens is 454 g/mol. The zero-order chi connectivity index (χ0) is 25.7. The van der Waals surface area contributed by atoms with Crippen LogP contribution >= 0.6 is 0 Å². The first-order chi connectivity index (χ1) is 17.3. The Balaban J connectivity index is 1.33. The van der Waals surface area contributed by atoms with Gasteiger partial charge in [-0.25, -0.2) is 0 Å². The van der Waals surface area contributed by atoms with Gasteiger partial charge in [0.05, 0.1) is 0 Å². The summed E-state index contributed by atoms with van der Waals surface area (Å²) in [6.07, 6.45) is 0. The molecule has 0 saturated carbocycles. The van der Waals surface area contributed by atoms with Crippen LogP contribution in [0.4, 0.5) is 5.69 Å². The normalized spacial score (nSPS) is 17.1. The number of amides is 1. The lowest BCUT2D eigenvalue weighted by Crippen LogP contribution is -2.56. The number of anilines is 1. The van der Waals surface area contributed by atoms with Crippen LogP contribution in [0.5, 0.6) is 23.0 Å². The van der Waals surface area contributed by atoms with Crippen LogP contribution in [0.25, 0.3) is 0 Å². The SMILES string of the molecule is CC(C)C(CN1CCN(c2cccc(O)c2)[C@@H](C)C1)NC(=O)c1ccc(Oc2ccc(O)cc2)cc1. The zero-order valence-electron chi connectivity index (χ0n) is 21.1. The van der Waals surface area contributed by atoms with E-state index in [0.29, 0.717) is 23.1 Å². The van der Waals surface area contributed by atoms with Crippen LogP contribution in [0.3, 0.4) is 0 Å². The summed E-state index contributed by atoms with van der Waals surface area (Å²) in [7, 11) is 0. The van der Waals surface area contributed by atoms with E-state index >= 15 is 0 Å². The molecule has 0 bridgehead atoms. The number of benzene rings is 3. The van der Waals surface area contributed by atoms with Crippen LogP contribution in [0.15, 0.2) is 72.8 Å². The quantitative estimate of drug-likeness (QED) is 0.419. The maximum Gasteiger partial charge on any atom is 0.251 e. The van der Waals surface area contributed by atoms with Gasteiger partial charge in [-0.05, 0) is 73.5 Å². The van der Waals surface area contributed by atoms with Crippen molar-refractivity contribution in [3.8, 4) is 23.0 Å². The molecule has 1 aliphatic rings.